The molecule has 0 unspecified atom stereocenters. The average Bonchev–Trinajstić information content (AvgIpc) is 2.11. The minimum atomic E-state index is -0.509. The second-order valence-electron chi connectivity index (χ2n) is 5.76. The molecule has 0 saturated heterocycles. The summed E-state index contributed by atoms with van der Waals surface area (Å²) < 4.78 is 5.71. The van der Waals surface area contributed by atoms with Crippen LogP contribution in [-0.4, -0.2) is 30.5 Å². The molecule has 1 aliphatic rings. The molecular formula is C12H25NO2. The van der Waals surface area contributed by atoms with Gasteiger partial charge in [0.05, 0.1) is 18.8 Å². The highest BCUT2D eigenvalue weighted by Crippen LogP contribution is 2.39. The first-order valence-electron chi connectivity index (χ1n) is 5.92. The Labute approximate surface area is 93.0 Å². The third-order valence-electron chi connectivity index (χ3n) is 3.14. The van der Waals surface area contributed by atoms with Gasteiger partial charge in [-0.3, -0.25) is 0 Å². The number of nitrogens with two attached hydrogens (primary N) is 1. The normalized spacial score (nSPS) is 32.6. The Hall–Kier alpha value is -0.120. The van der Waals surface area contributed by atoms with Crippen molar-refractivity contribution in [2.75, 3.05) is 13.2 Å². The SMILES string of the molecule is C[C@H]1C[C@H](OC[C@H](O)CN)CC(C)(C)C1. The molecular weight excluding hydrogens is 190 g/mol. The molecule has 1 aliphatic carbocycles. The van der Waals surface area contributed by atoms with Gasteiger partial charge < -0.3 is 15.6 Å². The molecule has 1 fully saturated rings. The minimum Gasteiger partial charge on any atom is -0.389 e. The van der Waals surface area contributed by atoms with Gasteiger partial charge in [0.15, 0.2) is 0 Å². The Morgan fingerprint density at radius 3 is 2.67 bits per heavy atom. The molecule has 90 valence electrons. The lowest BCUT2D eigenvalue weighted by Gasteiger charge is -2.39. The van der Waals surface area contributed by atoms with Crippen molar-refractivity contribution in [3.05, 3.63) is 0 Å². The molecule has 0 aromatic rings. The molecule has 1 saturated carbocycles. The molecule has 0 bridgehead atoms. The lowest BCUT2D eigenvalue weighted by atomic mass is 9.71. The van der Waals surface area contributed by atoms with Gasteiger partial charge in [-0.05, 0) is 30.6 Å². The third kappa shape index (κ3) is 4.49. The Morgan fingerprint density at radius 2 is 2.13 bits per heavy atom. The van der Waals surface area contributed by atoms with Gasteiger partial charge in [-0.1, -0.05) is 20.8 Å². The van der Waals surface area contributed by atoms with Gasteiger partial charge in [-0.2, -0.15) is 0 Å². The van der Waals surface area contributed by atoms with Crippen molar-refractivity contribution in [3.63, 3.8) is 0 Å². The molecule has 0 aromatic heterocycles. The predicted molar refractivity (Wildman–Crippen MR) is 61.6 cm³/mol. The van der Waals surface area contributed by atoms with E-state index in [4.69, 9.17) is 10.5 Å². The summed E-state index contributed by atoms with van der Waals surface area (Å²) in [6.07, 6.45) is 3.26. The van der Waals surface area contributed by atoms with Crippen LogP contribution in [0, 0.1) is 11.3 Å². The third-order valence-corrected chi connectivity index (χ3v) is 3.14. The van der Waals surface area contributed by atoms with E-state index in [1.807, 2.05) is 0 Å². The molecule has 0 heterocycles. The van der Waals surface area contributed by atoms with Crippen molar-refractivity contribution < 1.29 is 9.84 Å². The first-order valence-corrected chi connectivity index (χ1v) is 5.92. The van der Waals surface area contributed by atoms with E-state index in [0.717, 1.165) is 12.8 Å². The van der Waals surface area contributed by atoms with Crippen molar-refractivity contribution in [3.8, 4) is 0 Å². The summed E-state index contributed by atoms with van der Waals surface area (Å²) in [7, 11) is 0. The molecule has 0 aromatic carbocycles. The maximum atomic E-state index is 9.33. The van der Waals surface area contributed by atoms with E-state index in [9.17, 15) is 5.11 Å². The Balaban J connectivity index is 2.35. The Bertz CT molecular complexity index is 194. The second-order valence-corrected chi connectivity index (χ2v) is 5.76. The number of aliphatic hydroxyl groups excluding tert-OH is 1. The summed E-state index contributed by atoms with van der Waals surface area (Å²) in [4.78, 5) is 0. The van der Waals surface area contributed by atoms with Gasteiger partial charge >= 0.3 is 0 Å². The summed E-state index contributed by atoms with van der Waals surface area (Å²) in [5, 5.41) is 9.33. The van der Waals surface area contributed by atoms with Crippen molar-refractivity contribution in [1.29, 1.82) is 0 Å². The Kier molecular flexibility index (Phi) is 4.56. The predicted octanol–water partition coefficient (Wildman–Crippen LogP) is 1.54. The number of ether oxygens (including phenoxy) is 1. The van der Waals surface area contributed by atoms with E-state index in [0.29, 0.717) is 24.0 Å². The highest BCUT2D eigenvalue weighted by molar-refractivity contribution is 4.83. The topological polar surface area (TPSA) is 55.5 Å². The highest BCUT2D eigenvalue weighted by atomic mass is 16.5. The van der Waals surface area contributed by atoms with E-state index in [1.54, 1.807) is 0 Å². The van der Waals surface area contributed by atoms with Crippen LogP contribution in [0.4, 0.5) is 0 Å². The number of aliphatic hydroxyl groups is 1. The van der Waals surface area contributed by atoms with Crippen LogP contribution in [-0.2, 0) is 4.74 Å². The van der Waals surface area contributed by atoms with E-state index < -0.39 is 6.10 Å². The van der Waals surface area contributed by atoms with Crippen LogP contribution < -0.4 is 5.73 Å². The maximum Gasteiger partial charge on any atom is 0.0895 e. The zero-order valence-corrected chi connectivity index (χ0v) is 10.2. The molecule has 3 atom stereocenters. The smallest absolute Gasteiger partial charge is 0.0895 e. The maximum absolute atomic E-state index is 9.33. The molecule has 0 amide bonds. The van der Waals surface area contributed by atoms with Gasteiger partial charge in [0, 0.05) is 6.54 Å². The number of hydrogen-bond acceptors (Lipinski definition) is 3. The van der Waals surface area contributed by atoms with E-state index >= 15 is 0 Å². The standard InChI is InChI=1S/C12H25NO2/c1-9-4-11(6-12(2,3)5-9)15-8-10(14)7-13/h9-11,14H,4-8,13H2,1-3H3/t9-,10+,11-/m0/s1. The van der Waals surface area contributed by atoms with Gasteiger partial charge in [0.2, 0.25) is 0 Å². The van der Waals surface area contributed by atoms with Crippen LogP contribution >= 0.6 is 0 Å². The van der Waals surface area contributed by atoms with Crippen molar-refractivity contribution in [1.82, 2.24) is 0 Å². The van der Waals surface area contributed by atoms with Crippen LogP contribution in [0.25, 0.3) is 0 Å². The summed E-state index contributed by atoms with van der Waals surface area (Å²) in [6.45, 7) is 7.52. The Morgan fingerprint density at radius 1 is 1.47 bits per heavy atom. The van der Waals surface area contributed by atoms with Crippen LogP contribution in [0.3, 0.4) is 0 Å². The molecule has 3 nitrogen and oxygen atoms in total. The lowest BCUT2D eigenvalue weighted by molar-refractivity contribution is -0.0535. The van der Waals surface area contributed by atoms with Gasteiger partial charge in [-0.25, -0.2) is 0 Å². The van der Waals surface area contributed by atoms with Gasteiger partial charge in [-0.15, -0.1) is 0 Å². The van der Waals surface area contributed by atoms with Gasteiger partial charge in [0.25, 0.3) is 0 Å². The van der Waals surface area contributed by atoms with E-state index in [1.165, 1.54) is 6.42 Å². The summed E-state index contributed by atoms with van der Waals surface area (Å²) in [5.41, 5.74) is 5.71. The lowest BCUT2D eigenvalue weighted by Crippen LogP contribution is -2.35. The summed E-state index contributed by atoms with van der Waals surface area (Å²) >= 11 is 0. The van der Waals surface area contributed by atoms with Crippen LogP contribution in [0.1, 0.15) is 40.0 Å². The molecule has 15 heavy (non-hydrogen) atoms. The zero-order valence-electron chi connectivity index (χ0n) is 10.2. The van der Waals surface area contributed by atoms with Crippen molar-refractivity contribution in [2.45, 2.75) is 52.2 Å². The van der Waals surface area contributed by atoms with Crippen molar-refractivity contribution >= 4 is 0 Å². The van der Waals surface area contributed by atoms with Crippen LogP contribution in [0.5, 0.6) is 0 Å². The van der Waals surface area contributed by atoms with Crippen molar-refractivity contribution in [2.24, 2.45) is 17.1 Å². The molecule has 1 rings (SSSR count). The fourth-order valence-electron chi connectivity index (χ4n) is 2.70. The zero-order chi connectivity index (χ0) is 11.5. The first kappa shape index (κ1) is 12.9. The van der Waals surface area contributed by atoms with Gasteiger partial charge in [0.1, 0.15) is 0 Å². The number of hydrogen-bond donors (Lipinski definition) is 2. The quantitative estimate of drug-likeness (QED) is 0.748. The minimum absolute atomic E-state index is 0.283. The fraction of sp³-hybridized carbons (Fsp3) is 1.00. The second kappa shape index (κ2) is 5.28. The number of rotatable bonds is 4. The molecule has 0 aliphatic heterocycles. The van der Waals surface area contributed by atoms with E-state index in [2.05, 4.69) is 20.8 Å². The summed E-state index contributed by atoms with van der Waals surface area (Å²) in [5.74, 6) is 0.716. The summed E-state index contributed by atoms with van der Waals surface area (Å²) in [6, 6.07) is 0. The molecule has 0 spiro atoms. The highest BCUT2D eigenvalue weighted by Gasteiger charge is 2.32. The fourth-order valence-corrected chi connectivity index (χ4v) is 2.70. The monoisotopic (exact) mass is 215 g/mol. The largest absolute Gasteiger partial charge is 0.389 e. The van der Waals surface area contributed by atoms with Crippen LogP contribution in [0.2, 0.25) is 0 Å². The molecule has 0 radical (unpaired) electrons. The van der Waals surface area contributed by atoms with Crippen LogP contribution in [0.15, 0.2) is 0 Å². The first-order chi connectivity index (χ1) is 6.93. The van der Waals surface area contributed by atoms with E-state index in [-0.39, 0.29) is 6.54 Å². The average molecular weight is 215 g/mol. The molecule has 3 heteroatoms. The molecule has 3 N–H and O–H groups in total.